The standard InChI is InChI=1S/C29H26F3N7O2/c1-16(2)11-17(13-33)29(40)38-10-4-5-18(38)14-39-28-24(27(34)35-15-36-28)25(37-39)20-9-8-19(12-23(20)32)41-26-21(30)6-3-7-22(26)31/h3,6-9,11-12,15-16,18H,4-5,10,14H2,1-2H3,(H2,34,35,36)/b17-11+/t18-/m1/s1. The minimum atomic E-state index is -0.926. The first-order valence-corrected chi connectivity index (χ1v) is 13.0. The Labute approximate surface area is 233 Å². The van der Waals surface area contributed by atoms with Crippen LogP contribution < -0.4 is 10.5 Å². The molecule has 0 bridgehead atoms. The number of allylic oxidation sites excluding steroid dienone is 1. The number of rotatable bonds is 7. The monoisotopic (exact) mass is 561 g/mol. The predicted octanol–water partition coefficient (Wildman–Crippen LogP) is 5.38. The van der Waals surface area contributed by atoms with Gasteiger partial charge in [-0.1, -0.05) is 26.0 Å². The van der Waals surface area contributed by atoms with Gasteiger partial charge in [-0.25, -0.2) is 27.8 Å². The van der Waals surface area contributed by atoms with E-state index in [-0.39, 0.29) is 52.8 Å². The molecule has 1 aliphatic heterocycles. The molecule has 1 aliphatic rings. The van der Waals surface area contributed by atoms with Gasteiger partial charge in [0.25, 0.3) is 5.91 Å². The topological polar surface area (TPSA) is 123 Å². The lowest BCUT2D eigenvalue weighted by Gasteiger charge is -2.24. The molecule has 41 heavy (non-hydrogen) atoms. The van der Waals surface area contributed by atoms with Gasteiger partial charge in [-0.15, -0.1) is 0 Å². The van der Waals surface area contributed by atoms with Crippen molar-refractivity contribution in [2.24, 2.45) is 5.92 Å². The molecule has 5 rings (SSSR count). The van der Waals surface area contributed by atoms with E-state index < -0.39 is 23.2 Å². The highest BCUT2D eigenvalue weighted by molar-refractivity contribution is 5.99. The number of carbonyl (C=O) groups excluding carboxylic acids is 1. The Balaban J connectivity index is 1.49. The van der Waals surface area contributed by atoms with Crippen LogP contribution in [-0.2, 0) is 11.3 Å². The SMILES string of the molecule is CC(C)/C=C(\C#N)C(=O)N1CCC[C@@H]1Cn1nc(-c2ccc(Oc3c(F)cccc3F)cc2F)c2c(N)ncnc21. The van der Waals surface area contributed by atoms with Crippen LogP contribution in [0.1, 0.15) is 26.7 Å². The first kappa shape index (κ1) is 27.6. The van der Waals surface area contributed by atoms with E-state index >= 15 is 4.39 Å². The molecule has 1 amide bonds. The minimum Gasteiger partial charge on any atom is -0.451 e. The first-order chi connectivity index (χ1) is 19.7. The number of anilines is 1. The second kappa shape index (κ2) is 11.3. The highest BCUT2D eigenvalue weighted by atomic mass is 19.1. The van der Waals surface area contributed by atoms with Crippen molar-refractivity contribution < 1.29 is 22.7 Å². The van der Waals surface area contributed by atoms with Gasteiger partial charge in [0.05, 0.1) is 18.0 Å². The van der Waals surface area contributed by atoms with Crippen LogP contribution in [0.4, 0.5) is 19.0 Å². The molecule has 1 atom stereocenters. The molecule has 0 aliphatic carbocycles. The minimum absolute atomic E-state index is 0.0318. The number of fused-ring (bicyclic) bond motifs is 1. The zero-order chi connectivity index (χ0) is 29.3. The maximum atomic E-state index is 15.4. The Kier molecular flexibility index (Phi) is 7.61. The number of benzene rings is 2. The van der Waals surface area contributed by atoms with Crippen molar-refractivity contribution in [2.45, 2.75) is 39.3 Å². The predicted molar refractivity (Wildman–Crippen MR) is 145 cm³/mol. The quantitative estimate of drug-likeness (QED) is 0.237. The van der Waals surface area contributed by atoms with Gasteiger partial charge in [-0.3, -0.25) is 4.79 Å². The Hall–Kier alpha value is -4.92. The van der Waals surface area contributed by atoms with E-state index in [2.05, 4.69) is 15.1 Å². The molecule has 0 spiro atoms. The molecule has 3 heterocycles. The van der Waals surface area contributed by atoms with Gasteiger partial charge in [0.1, 0.15) is 41.0 Å². The third-order valence-corrected chi connectivity index (χ3v) is 6.77. The second-order valence-corrected chi connectivity index (χ2v) is 10.0. The summed E-state index contributed by atoms with van der Waals surface area (Å²) in [5, 5.41) is 14.5. The number of para-hydroxylation sites is 1. The molecule has 2 N–H and O–H groups in total. The maximum Gasteiger partial charge on any atom is 0.264 e. The third-order valence-electron chi connectivity index (χ3n) is 6.77. The molecule has 1 saturated heterocycles. The molecule has 0 unspecified atom stereocenters. The zero-order valence-corrected chi connectivity index (χ0v) is 22.3. The van der Waals surface area contributed by atoms with Gasteiger partial charge in [0.15, 0.2) is 23.0 Å². The summed E-state index contributed by atoms with van der Waals surface area (Å²) in [6, 6.07) is 8.70. The Morgan fingerprint density at radius 2 is 1.95 bits per heavy atom. The number of nitrogen functional groups attached to an aromatic ring is 1. The van der Waals surface area contributed by atoms with Gasteiger partial charge in [0, 0.05) is 18.2 Å². The largest absolute Gasteiger partial charge is 0.451 e. The number of nitrogens with two attached hydrogens (primary N) is 1. The number of halogens is 3. The summed E-state index contributed by atoms with van der Waals surface area (Å²) in [5.41, 5.74) is 6.80. The molecular weight excluding hydrogens is 535 g/mol. The molecule has 1 fully saturated rings. The van der Waals surface area contributed by atoms with E-state index in [0.717, 1.165) is 24.6 Å². The van der Waals surface area contributed by atoms with Crippen LogP contribution in [0.15, 0.2) is 54.4 Å². The molecule has 4 aromatic rings. The number of carbonyl (C=O) groups is 1. The summed E-state index contributed by atoms with van der Waals surface area (Å²) in [6.07, 6.45) is 4.34. The summed E-state index contributed by atoms with van der Waals surface area (Å²) < 4.78 is 50.3. The fourth-order valence-corrected chi connectivity index (χ4v) is 4.93. The molecule has 12 heteroatoms. The molecular formula is C29H26F3N7O2. The molecule has 9 nitrogen and oxygen atoms in total. The van der Waals surface area contributed by atoms with Gasteiger partial charge in [-0.2, -0.15) is 10.4 Å². The van der Waals surface area contributed by atoms with Crippen molar-refractivity contribution in [1.29, 1.82) is 5.26 Å². The summed E-state index contributed by atoms with van der Waals surface area (Å²) in [7, 11) is 0. The van der Waals surface area contributed by atoms with Crippen molar-refractivity contribution in [1.82, 2.24) is 24.6 Å². The summed E-state index contributed by atoms with van der Waals surface area (Å²) in [4.78, 5) is 23.2. The fraction of sp³-hybridized carbons (Fsp3) is 0.276. The number of hydrogen-bond acceptors (Lipinski definition) is 7. The normalized spacial score (nSPS) is 15.5. The van der Waals surface area contributed by atoms with Gasteiger partial charge >= 0.3 is 0 Å². The Morgan fingerprint density at radius 1 is 1.20 bits per heavy atom. The number of amides is 1. The number of ether oxygens (including phenoxy) is 1. The second-order valence-electron chi connectivity index (χ2n) is 10.0. The molecule has 210 valence electrons. The highest BCUT2D eigenvalue weighted by Crippen LogP contribution is 2.35. The molecule has 2 aromatic carbocycles. The average Bonchev–Trinajstić information content (AvgIpc) is 3.55. The van der Waals surface area contributed by atoms with Crippen LogP contribution in [0.2, 0.25) is 0 Å². The van der Waals surface area contributed by atoms with E-state index in [9.17, 15) is 18.8 Å². The van der Waals surface area contributed by atoms with Crippen molar-refractivity contribution in [3.8, 4) is 28.8 Å². The molecule has 0 saturated carbocycles. The maximum absolute atomic E-state index is 15.4. The molecule has 0 radical (unpaired) electrons. The van der Waals surface area contributed by atoms with Crippen molar-refractivity contribution >= 4 is 22.8 Å². The van der Waals surface area contributed by atoms with Crippen molar-refractivity contribution in [3.05, 3.63) is 71.8 Å². The van der Waals surface area contributed by atoms with Crippen LogP contribution in [0, 0.1) is 34.7 Å². The van der Waals surface area contributed by atoms with E-state index in [4.69, 9.17) is 10.5 Å². The number of nitrogens with zero attached hydrogens (tertiary/aromatic N) is 6. The lowest BCUT2D eigenvalue weighted by atomic mass is 10.1. The van der Waals surface area contributed by atoms with E-state index in [1.54, 1.807) is 15.7 Å². The number of hydrogen-bond donors (Lipinski definition) is 1. The average molecular weight is 562 g/mol. The smallest absolute Gasteiger partial charge is 0.264 e. The number of likely N-dealkylation sites (tertiary alicyclic amines) is 1. The number of nitriles is 1. The third kappa shape index (κ3) is 5.43. The van der Waals surface area contributed by atoms with Crippen LogP contribution >= 0.6 is 0 Å². The van der Waals surface area contributed by atoms with Crippen LogP contribution in [0.5, 0.6) is 11.5 Å². The van der Waals surface area contributed by atoms with E-state index in [1.807, 2.05) is 19.9 Å². The number of aromatic nitrogens is 4. The lowest BCUT2D eigenvalue weighted by Crippen LogP contribution is -2.39. The van der Waals surface area contributed by atoms with Crippen molar-refractivity contribution in [2.75, 3.05) is 12.3 Å². The fourth-order valence-electron chi connectivity index (χ4n) is 4.93. The van der Waals surface area contributed by atoms with Crippen LogP contribution in [0.25, 0.3) is 22.3 Å². The van der Waals surface area contributed by atoms with Gasteiger partial charge < -0.3 is 15.4 Å². The van der Waals surface area contributed by atoms with Crippen molar-refractivity contribution in [3.63, 3.8) is 0 Å². The van der Waals surface area contributed by atoms with Crippen LogP contribution in [-0.4, -0.2) is 43.1 Å². The van der Waals surface area contributed by atoms with Gasteiger partial charge in [0.2, 0.25) is 0 Å². The van der Waals surface area contributed by atoms with Gasteiger partial charge in [-0.05, 0) is 43.0 Å². The zero-order valence-electron chi connectivity index (χ0n) is 22.3. The van der Waals surface area contributed by atoms with E-state index in [0.29, 0.717) is 24.0 Å². The summed E-state index contributed by atoms with van der Waals surface area (Å²) in [5.74, 6) is -3.63. The molecule has 2 aromatic heterocycles. The Bertz CT molecular complexity index is 1690. The summed E-state index contributed by atoms with van der Waals surface area (Å²) in [6.45, 7) is 4.50. The van der Waals surface area contributed by atoms with E-state index in [1.165, 1.54) is 24.5 Å². The highest BCUT2D eigenvalue weighted by Gasteiger charge is 2.32. The first-order valence-electron chi connectivity index (χ1n) is 13.0. The Morgan fingerprint density at radius 3 is 2.63 bits per heavy atom. The summed E-state index contributed by atoms with van der Waals surface area (Å²) >= 11 is 0. The van der Waals surface area contributed by atoms with Crippen LogP contribution in [0.3, 0.4) is 0 Å². The lowest BCUT2D eigenvalue weighted by molar-refractivity contribution is -0.127.